The van der Waals surface area contributed by atoms with Gasteiger partial charge in [0.1, 0.15) is 4.32 Å². The summed E-state index contributed by atoms with van der Waals surface area (Å²) >= 11 is 24.5. The summed E-state index contributed by atoms with van der Waals surface area (Å²) in [6.45, 7) is 0.354. The fourth-order valence-corrected chi connectivity index (χ4v) is 4.60. The van der Waals surface area contributed by atoms with Crippen molar-refractivity contribution < 1.29 is 9.59 Å². The van der Waals surface area contributed by atoms with Crippen LogP contribution < -0.4 is 5.32 Å². The minimum atomic E-state index is -0.243. The van der Waals surface area contributed by atoms with Crippen molar-refractivity contribution >= 4 is 86.7 Å². The molecule has 160 valence electrons. The van der Waals surface area contributed by atoms with Crippen LogP contribution in [0.15, 0.2) is 59.5 Å². The first-order valence-electron chi connectivity index (χ1n) is 9.26. The van der Waals surface area contributed by atoms with Crippen molar-refractivity contribution in [3.8, 4) is 0 Å². The van der Waals surface area contributed by atoms with Gasteiger partial charge in [-0.25, -0.2) is 0 Å². The number of allylic oxidation sites excluding steroid dienone is 2. The number of thioether (sulfide) groups is 1. The molecule has 0 radical (unpaired) electrons. The number of anilines is 1. The monoisotopic (exact) mass is 510 g/mol. The molecule has 1 saturated heterocycles. The lowest BCUT2D eigenvalue weighted by atomic mass is 10.2. The molecule has 0 unspecified atom stereocenters. The minimum absolute atomic E-state index is 0.152. The number of thiocarbonyl (C=S) groups is 1. The lowest BCUT2D eigenvalue weighted by Gasteiger charge is -2.14. The van der Waals surface area contributed by atoms with Crippen LogP contribution in [0.5, 0.6) is 0 Å². The molecule has 0 bridgehead atoms. The third-order valence-electron chi connectivity index (χ3n) is 4.28. The second-order valence-corrected chi connectivity index (χ2v) is 9.42. The molecule has 9 heteroatoms. The van der Waals surface area contributed by atoms with E-state index in [4.69, 9.17) is 47.0 Å². The summed E-state index contributed by atoms with van der Waals surface area (Å²) in [4.78, 5) is 26.9. The van der Waals surface area contributed by atoms with Gasteiger partial charge in [0.15, 0.2) is 0 Å². The fourth-order valence-electron chi connectivity index (χ4n) is 2.75. The predicted octanol–water partition coefficient (Wildman–Crippen LogP) is 6.82. The average Bonchev–Trinajstić information content (AvgIpc) is 3.00. The molecule has 3 rings (SSSR count). The fraction of sp³-hybridized carbons (Fsp3) is 0.136. The highest BCUT2D eigenvalue weighted by molar-refractivity contribution is 8.26. The number of hydrogen-bond acceptors (Lipinski definition) is 4. The van der Waals surface area contributed by atoms with Gasteiger partial charge in [0.05, 0.1) is 25.7 Å². The van der Waals surface area contributed by atoms with Gasteiger partial charge in [-0.1, -0.05) is 101 Å². The van der Waals surface area contributed by atoms with Gasteiger partial charge in [-0.2, -0.15) is 0 Å². The maximum Gasteiger partial charge on any atom is 0.266 e. The molecule has 2 aromatic carbocycles. The molecule has 1 aliphatic heterocycles. The third-order valence-corrected chi connectivity index (χ3v) is 6.71. The molecule has 0 aliphatic carbocycles. The van der Waals surface area contributed by atoms with Crippen LogP contribution in [0, 0.1) is 0 Å². The second-order valence-electron chi connectivity index (χ2n) is 6.52. The van der Waals surface area contributed by atoms with Gasteiger partial charge in [-0.3, -0.25) is 14.5 Å². The van der Waals surface area contributed by atoms with E-state index >= 15 is 0 Å². The van der Waals surface area contributed by atoms with Gasteiger partial charge in [0.2, 0.25) is 5.91 Å². The molecule has 1 heterocycles. The highest BCUT2D eigenvalue weighted by Crippen LogP contribution is 2.33. The van der Waals surface area contributed by atoms with E-state index in [1.807, 2.05) is 42.5 Å². The van der Waals surface area contributed by atoms with Gasteiger partial charge in [0, 0.05) is 13.0 Å². The zero-order chi connectivity index (χ0) is 22.4. The molecule has 31 heavy (non-hydrogen) atoms. The molecule has 0 aromatic heterocycles. The van der Waals surface area contributed by atoms with E-state index < -0.39 is 0 Å². The number of nitrogens with one attached hydrogen (secondary N) is 1. The summed E-state index contributed by atoms with van der Waals surface area (Å²) < 4.78 is 0.484. The van der Waals surface area contributed by atoms with Crippen LogP contribution in [0.25, 0.3) is 6.08 Å². The van der Waals surface area contributed by atoms with E-state index in [1.54, 1.807) is 6.08 Å². The number of benzene rings is 2. The average molecular weight is 512 g/mol. The largest absolute Gasteiger partial charge is 0.325 e. The smallest absolute Gasteiger partial charge is 0.266 e. The first-order valence-corrected chi connectivity index (χ1v) is 11.6. The van der Waals surface area contributed by atoms with Gasteiger partial charge < -0.3 is 5.32 Å². The summed E-state index contributed by atoms with van der Waals surface area (Å²) in [5.41, 5.74) is 1.43. The summed E-state index contributed by atoms with van der Waals surface area (Å²) in [6, 6.07) is 12.8. The number of rotatable bonds is 7. The minimum Gasteiger partial charge on any atom is -0.325 e. The zero-order valence-electron chi connectivity index (χ0n) is 16.1. The second kappa shape index (κ2) is 11.2. The summed E-state index contributed by atoms with van der Waals surface area (Å²) in [6.07, 6.45) is 6.15. The maximum atomic E-state index is 12.6. The Bertz CT molecular complexity index is 1070. The zero-order valence-corrected chi connectivity index (χ0v) is 20.0. The Labute approximate surface area is 205 Å². The van der Waals surface area contributed by atoms with Crippen LogP contribution in [0.3, 0.4) is 0 Å². The van der Waals surface area contributed by atoms with Crippen molar-refractivity contribution in [2.24, 2.45) is 0 Å². The van der Waals surface area contributed by atoms with Crippen molar-refractivity contribution in [2.75, 3.05) is 11.9 Å². The van der Waals surface area contributed by atoms with Crippen molar-refractivity contribution in [3.05, 3.63) is 80.2 Å². The number of halogens is 3. The van der Waals surface area contributed by atoms with E-state index in [1.165, 1.54) is 28.8 Å². The Morgan fingerprint density at radius 2 is 1.81 bits per heavy atom. The lowest BCUT2D eigenvalue weighted by Crippen LogP contribution is -2.29. The molecule has 1 fully saturated rings. The topological polar surface area (TPSA) is 49.4 Å². The van der Waals surface area contributed by atoms with Crippen molar-refractivity contribution in [3.63, 3.8) is 0 Å². The SMILES string of the molecule is O=C(CCCN1C(=O)/C(=C/C=C/c2ccccc2)SC1=S)Nc1cc(Cl)c(Cl)cc1Cl. The number of carbonyl (C=O) groups excluding carboxylic acids is 2. The Kier molecular flexibility index (Phi) is 8.58. The summed E-state index contributed by atoms with van der Waals surface area (Å²) in [7, 11) is 0. The number of hydrogen-bond donors (Lipinski definition) is 1. The van der Waals surface area contributed by atoms with Crippen molar-refractivity contribution in [1.29, 1.82) is 0 Å². The van der Waals surface area contributed by atoms with Crippen LogP contribution >= 0.6 is 58.8 Å². The van der Waals surface area contributed by atoms with Gasteiger partial charge in [0.25, 0.3) is 5.91 Å². The van der Waals surface area contributed by atoms with E-state index in [0.717, 1.165) is 5.56 Å². The molecule has 2 amide bonds. The quantitative estimate of drug-likeness (QED) is 0.252. The summed E-state index contributed by atoms with van der Waals surface area (Å²) in [5.74, 6) is -0.396. The molecule has 0 spiro atoms. The van der Waals surface area contributed by atoms with Crippen LogP contribution in [0.1, 0.15) is 18.4 Å². The van der Waals surface area contributed by atoms with E-state index in [2.05, 4.69) is 5.32 Å². The highest BCUT2D eigenvalue weighted by Gasteiger charge is 2.31. The molecule has 0 saturated carbocycles. The molecule has 2 aromatic rings. The molecular weight excluding hydrogens is 495 g/mol. The first-order chi connectivity index (χ1) is 14.8. The van der Waals surface area contributed by atoms with Gasteiger partial charge in [-0.15, -0.1) is 0 Å². The Hall–Kier alpha value is -1.83. The summed E-state index contributed by atoms with van der Waals surface area (Å²) in [5, 5.41) is 3.61. The molecular formula is C22H17Cl3N2O2S2. The molecule has 1 N–H and O–H groups in total. The third kappa shape index (κ3) is 6.57. The van der Waals surface area contributed by atoms with Crippen molar-refractivity contribution in [2.45, 2.75) is 12.8 Å². The van der Waals surface area contributed by atoms with E-state index in [9.17, 15) is 9.59 Å². The Morgan fingerprint density at radius 1 is 1.10 bits per heavy atom. The van der Waals surface area contributed by atoms with Gasteiger partial charge in [-0.05, 0) is 30.2 Å². The predicted molar refractivity (Wildman–Crippen MR) is 135 cm³/mol. The number of nitrogens with zero attached hydrogens (tertiary/aromatic N) is 1. The lowest BCUT2D eigenvalue weighted by molar-refractivity contribution is -0.122. The highest BCUT2D eigenvalue weighted by atomic mass is 35.5. The maximum absolute atomic E-state index is 12.6. The van der Waals surface area contributed by atoms with Gasteiger partial charge >= 0.3 is 0 Å². The van der Waals surface area contributed by atoms with Crippen molar-refractivity contribution in [1.82, 2.24) is 4.90 Å². The molecule has 0 atom stereocenters. The van der Waals surface area contributed by atoms with Crippen LogP contribution in [0.4, 0.5) is 5.69 Å². The van der Waals surface area contributed by atoms with Crippen LogP contribution in [-0.2, 0) is 9.59 Å². The van der Waals surface area contributed by atoms with Crippen LogP contribution in [0.2, 0.25) is 15.1 Å². The number of amides is 2. The molecule has 1 aliphatic rings. The Balaban J connectivity index is 1.51. The normalized spacial score (nSPS) is 15.3. The van der Waals surface area contributed by atoms with Crippen LogP contribution in [-0.4, -0.2) is 27.6 Å². The standard InChI is InChI=1S/C22H17Cl3N2O2S2/c23-15-12-17(25)18(13-16(15)24)26-20(28)10-5-11-27-21(29)19(31-22(27)30)9-4-8-14-6-2-1-3-7-14/h1-4,6-9,12-13H,5,10-11H2,(H,26,28)/b8-4+,19-9-. The van der Waals surface area contributed by atoms with E-state index in [-0.39, 0.29) is 18.2 Å². The Morgan fingerprint density at radius 3 is 2.55 bits per heavy atom. The first kappa shape index (κ1) is 23.8. The molecule has 4 nitrogen and oxygen atoms in total. The number of carbonyl (C=O) groups is 2. The van der Waals surface area contributed by atoms with E-state index in [0.29, 0.717) is 42.9 Å².